The number of rotatable bonds is 5. The predicted octanol–water partition coefficient (Wildman–Crippen LogP) is 4.78. The molecular formula is C20H13ClF2N4O2. The monoisotopic (exact) mass is 414 g/mol. The molecule has 0 aliphatic rings. The van der Waals surface area contributed by atoms with Crippen LogP contribution in [0.3, 0.4) is 0 Å². The lowest BCUT2D eigenvalue weighted by molar-refractivity contribution is -0.116. The van der Waals surface area contributed by atoms with Crippen molar-refractivity contribution < 1.29 is 18.1 Å². The van der Waals surface area contributed by atoms with Crippen LogP contribution in [0, 0.1) is 11.6 Å². The molecule has 0 aliphatic carbocycles. The molecule has 0 saturated carbocycles. The highest BCUT2D eigenvalue weighted by atomic mass is 35.5. The third kappa shape index (κ3) is 4.17. The highest BCUT2D eigenvalue weighted by Gasteiger charge is 2.16. The molecule has 0 radical (unpaired) electrons. The van der Waals surface area contributed by atoms with Crippen LogP contribution < -0.4 is 5.32 Å². The van der Waals surface area contributed by atoms with Crippen LogP contribution in [0.15, 0.2) is 65.3 Å². The zero-order chi connectivity index (χ0) is 20.4. The molecule has 0 aliphatic heterocycles. The number of aromatic nitrogens is 3. The van der Waals surface area contributed by atoms with Gasteiger partial charge in [-0.25, -0.2) is 8.78 Å². The van der Waals surface area contributed by atoms with Crippen LogP contribution in [0.1, 0.15) is 0 Å². The van der Waals surface area contributed by atoms with E-state index in [-0.39, 0.29) is 18.1 Å². The second-order valence-corrected chi connectivity index (χ2v) is 6.56. The molecule has 0 saturated heterocycles. The minimum atomic E-state index is -0.726. The molecule has 146 valence electrons. The summed E-state index contributed by atoms with van der Waals surface area (Å²) in [6, 6.07) is 13.2. The topological polar surface area (TPSA) is 73.0 Å². The van der Waals surface area contributed by atoms with Gasteiger partial charge in [-0.15, -0.1) is 0 Å². The maximum Gasteiger partial charge on any atom is 0.274 e. The van der Waals surface area contributed by atoms with Crippen LogP contribution in [-0.2, 0) is 11.3 Å². The molecule has 2 aromatic heterocycles. The summed E-state index contributed by atoms with van der Waals surface area (Å²) in [6.45, 7) is -0.160. The van der Waals surface area contributed by atoms with Gasteiger partial charge in [0, 0.05) is 22.8 Å². The summed E-state index contributed by atoms with van der Waals surface area (Å²) in [5, 5.41) is 6.83. The second-order valence-electron chi connectivity index (χ2n) is 6.13. The molecular weight excluding hydrogens is 402 g/mol. The first-order chi connectivity index (χ1) is 14.0. The van der Waals surface area contributed by atoms with Gasteiger partial charge in [-0.1, -0.05) is 28.9 Å². The van der Waals surface area contributed by atoms with Gasteiger partial charge in [-0.2, -0.15) is 4.98 Å². The molecule has 2 heterocycles. The van der Waals surface area contributed by atoms with E-state index in [1.165, 1.54) is 0 Å². The predicted molar refractivity (Wildman–Crippen MR) is 103 cm³/mol. The van der Waals surface area contributed by atoms with E-state index in [2.05, 4.69) is 15.5 Å². The lowest BCUT2D eigenvalue weighted by Gasteiger charge is -2.09. The summed E-state index contributed by atoms with van der Waals surface area (Å²) < 4.78 is 33.9. The zero-order valence-corrected chi connectivity index (χ0v) is 15.5. The molecule has 0 atom stereocenters. The molecule has 1 N–H and O–H groups in total. The Bertz CT molecular complexity index is 1190. The molecule has 6 nitrogen and oxygen atoms in total. The Balaban J connectivity index is 1.53. The van der Waals surface area contributed by atoms with Gasteiger partial charge in [0.2, 0.25) is 11.7 Å². The first kappa shape index (κ1) is 18.8. The normalized spacial score (nSPS) is 10.9. The Morgan fingerprint density at radius 3 is 2.83 bits per heavy atom. The quantitative estimate of drug-likeness (QED) is 0.510. The van der Waals surface area contributed by atoms with E-state index < -0.39 is 17.5 Å². The molecule has 0 spiro atoms. The molecule has 1 amide bonds. The molecule has 0 bridgehead atoms. The maximum absolute atomic E-state index is 13.7. The van der Waals surface area contributed by atoms with Crippen molar-refractivity contribution in [2.24, 2.45) is 0 Å². The van der Waals surface area contributed by atoms with E-state index in [9.17, 15) is 13.6 Å². The zero-order valence-electron chi connectivity index (χ0n) is 14.8. The van der Waals surface area contributed by atoms with Gasteiger partial charge in [0.1, 0.15) is 23.9 Å². The standard InChI is InChI=1S/C20H13ClF2N4O2/c21-13-4-1-3-12(9-13)19-25-20(29-26-19)17-5-2-8-27(17)11-18(28)24-16-10-14(22)6-7-15(16)23/h1-10H,11H2,(H,24,28). The summed E-state index contributed by atoms with van der Waals surface area (Å²) in [5.41, 5.74) is 0.954. The number of benzene rings is 2. The van der Waals surface area contributed by atoms with Crippen LogP contribution >= 0.6 is 11.6 Å². The molecule has 0 unspecified atom stereocenters. The number of anilines is 1. The van der Waals surface area contributed by atoms with E-state index >= 15 is 0 Å². The first-order valence-electron chi connectivity index (χ1n) is 8.49. The largest absolute Gasteiger partial charge is 0.334 e. The number of carbonyl (C=O) groups is 1. The van der Waals surface area contributed by atoms with E-state index in [1.54, 1.807) is 47.2 Å². The Hall–Kier alpha value is -3.52. The number of amides is 1. The summed E-state index contributed by atoms with van der Waals surface area (Å²) in [6.07, 6.45) is 1.64. The van der Waals surface area contributed by atoms with Crippen molar-refractivity contribution in [1.29, 1.82) is 0 Å². The minimum absolute atomic E-state index is 0.160. The average molecular weight is 415 g/mol. The average Bonchev–Trinajstić information content (AvgIpc) is 3.34. The third-order valence-electron chi connectivity index (χ3n) is 4.07. The number of hydrogen-bond donors (Lipinski definition) is 1. The summed E-state index contributed by atoms with van der Waals surface area (Å²) in [5.74, 6) is -1.36. The fourth-order valence-electron chi connectivity index (χ4n) is 2.76. The molecule has 4 rings (SSSR count). The Morgan fingerprint density at radius 2 is 2.00 bits per heavy atom. The lowest BCUT2D eigenvalue weighted by Crippen LogP contribution is -2.19. The van der Waals surface area contributed by atoms with Gasteiger partial charge in [0.25, 0.3) is 5.89 Å². The van der Waals surface area contributed by atoms with E-state index in [4.69, 9.17) is 16.1 Å². The van der Waals surface area contributed by atoms with Crippen molar-refractivity contribution in [2.75, 3.05) is 5.32 Å². The smallest absolute Gasteiger partial charge is 0.274 e. The molecule has 29 heavy (non-hydrogen) atoms. The van der Waals surface area contributed by atoms with Crippen LogP contribution in [0.25, 0.3) is 23.0 Å². The fraction of sp³-hybridized carbons (Fsp3) is 0.0500. The van der Waals surface area contributed by atoms with Gasteiger partial charge in [0.05, 0.1) is 5.69 Å². The van der Waals surface area contributed by atoms with Gasteiger partial charge in [-0.3, -0.25) is 4.79 Å². The van der Waals surface area contributed by atoms with Gasteiger partial charge >= 0.3 is 0 Å². The molecule has 9 heteroatoms. The minimum Gasteiger partial charge on any atom is -0.334 e. The molecule has 4 aromatic rings. The van der Waals surface area contributed by atoms with Gasteiger partial charge in [0.15, 0.2) is 0 Å². The summed E-state index contributed by atoms with van der Waals surface area (Å²) in [7, 11) is 0. The number of nitrogens with zero attached hydrogens (tertiary/aromatic N) is 3. The van der Waals surface area contributed by atoms with Crippen molar-refractivity contribution in [3.8, 4) is 23.0 Å². The van der Waals surface area contributed by atoms with Crippen molar-refractivity contribution in [3.63, 3.8) is 0 Å². The number of nitrogens with one attached hydrogen (secondary N) is 1. The van der Waals surface area contributed by atoms with Crippen molar-refractivity contribution >= 4 is 23.2 Å². The number of halogens is 3. The Morgan fingerprint density at radius 1 is 1.14 bits per heavy atom. The van der Waals surface area contributed by atoms with Gasteiger partial charge in [-0.05, 0) is 36.4 Å². The number of hydrogen-bond acceptors (Lipinski definition) is 4. The van der Waals surface area contributed by atoms with Crippen LogP contribution in [0.2, 0.25) is 5.02 Å². The summed E-state index contributed by atoms with van der Waals surface area (Å²) in [4.78, 5) is 16.6. The Kier molecular flexibility index (Phi) is 5.09. The molecule has 0 fully saturated rings. The van der Waals surface area contributed by atoms with Crippen molar-refractivity contribution in [1.82, 2.24) is 14.7 Å². The van der Waals surface area contributed by atoms with Crippen molar-refractivity contribution in [3.05, 3.63) is 77.5 Å². The lowest BCUT2D eigenvalue weighted by atomic mass is 10.2. The van der Waals surface area contributed by atoms with Gasteiger partial charge < -0.3 is 14.4 Å². The van der Waals surface area contributed by atoms with E-state index in [0.29, 0.717) is 22.1 Å². The maximum atomic E-state index is 13.7. The Labute approximate surface area is 168 Å². The van der Waals surface area contributed by atoms with Crippen molar-refractivity contribution in [2.45, 2.75) is 6.54 Å². The summed E-state index contributed by atoms with van der Waals surface area (Å²) >= 11 is 5.99. The van der Waals surface area contributed by atoms with E-state index in [1.807, 2.05) is 0 Å². The highest BCUT2D eigenvalue weighted by Crippen LogP contribution is 2.24. The second kappa shape index (κ2) is 7.84. The highest BCUT2D eigenvalue weighted by molar-refractivity contribution is 6.30. The van der Waals surface area contributed by atoms with Crippen LogP contribution in [0.5, 0.6) is 0 Å². The molecule has 2 aromatic carbocycles. The fourth-order valence-corrected chi connectivity index (χ4v) is 2.95. The van der Waals surface area contributed by atoms with Crippen LogP contribution in [0.4, 0.5) is 14.5 Å². The third-order valence-corrected chi connectivity index (χ3v) is 4.31. The first-order valence-corrected chi connectivity index (χ1v) is 8.87. The number of carbonyl (C=O) groups excluding carboxylic acids is 1. The SMILES string of the molecule is O=C(Cn1cccc1-c1nc(-c2cccc(Cl)c2)no1)Nc1cc(F)ccc1F. The van der Waals surface area contributed by atoms with E-state index in [0.717, 1.165) is 18.2 Å². The van der Waals surface area contributed by atoms with Crippen LogP contribution in [-0.4, -0.2) is 20.6 Å².